The molecular weight excluding hydrogens is 290 g/mol. The van der Waals surface area contributed by atoms with Gasteiger partial charge in [0.05, 0.1) is 16.4 Å². The van der Waals surface area contributed by atoms with Gasteiger partial charge in [0, 0.05) is 18.5 Å². The summed E-state index contributed by atoms with van der Waals surface area (Å²) >= 11 is 6.36. The molecule has 1 aliphatic heterocycles. The van der Waals surface area contributed by atoms with Crippen molar-refractivity contribution < 1.29 is 5.21 Å². The largest absolute Gasteiger partial charge is 0.409 e. The number of rotatable bonds is 4. The minimum Gasteiger partial charge on any atom is -0.409 e. The molecule has 1 aliphatic rings. The Kier molecular flexibility index (Phi) is 4.78. The molecule has 7 heteroatoms. The summed E-state index contributed by atoms with van der Waals surface area (Å²) in [6.45, 7) is 9.46. The third kappa shape index (κ3) is 3.16. The Morgan fingerprint density at radius 2 is 2.10 bits per heavy atom. The number of nitrogens with zero attached hydrogens (tertiary/aromatic N) is 4. The Morgan fingerprint density at radius 1 is 1.48 bits per heavy atom. The van der Waals surface area contributed by atoms with Crippen LogP contribution in [-0.2, 0) is 13.1 Å². The average Bonchev–Trinajstić information content (AvgIpc) is 2.76. The molecule has 0 radical (unpaired) electrons. The van der Waals surface area contributed by atoms with Crippen molar-refractivity contribution in [2.24, 2.45) is 16.3 Å². The summed E-state index contributed by atoms with van der Waals surface area (Å²) in [6, 6.07) is 0. The lowest BCUT2D eigenvalue weighted by Gasteiger charge is -2.38. The van der Waals surface area contributed by atoms with E-state index >= 15 is 0 Å². The summed E-state index contributed by atoms with van der Waals surface area (Å²) in [5.41, 5.74) is 7.54. The predicted octanol–water partition coefficient (Wildman–Crippen LogP) is 2.21. The predicted molar refractivity (Wildman–Crippen MR) is 83.7 cm³/mol. The van der Waals surface area contributed by atoms with Crippen molar-refractivity contribution in [2.45, 2.75) is 46.7 Å². The Morgan fingerprint density at radius 3 is 2.62 bits per heavy atom. The minimum atomic E-state index is -0.212. The lowest BCUT2D eigenvalue weighted by molar-refractivity contribution is 0.149. The van der Waals surface area contributed by atoms with Crippen LogP contribution in [0.25, 0.3) is 0 Å². The number of hydrogen-bond donors (Lipinski definition) is 2. The van der Waals surface area contributed by atoms with Gasteiger partial charge in [0.2, 0.25) is 0 Å². The number of amidine groups is 1. The highest BCUT2D eigenvalue weighted by Gasteiger charge is 2.34. The van der Waals surface area contributed by atoms with Gasteiger partial charge in [-0.05, 0) is 39.8 Å². The van der Waals surface area contributed by atoms with Crippen molar-refractivity contribution in [3.05, 3.63) is 16.4 Å². The molecule has 1 saturated heterocycles. The van der Waals surface area contributed by atoms with Gasteiger partial charge in [-0.15, -0.1) is 0 Å². The van der Waals surface area contributed by atoms with E-state index in [-0.39, 0.29) is 5.41 Å². The number of nitrogens with two attached hydrogens (primary N) is 1. The topological polar surface area (TPSA) is 79.7 Å². The number of oxime groups is 1. The van der Waals surface area contributed by atoms with Crippen molar-refractivity contribution in [1.29, 1.82) is 0 Å². The van der Waals surface area contributed by atoms with Gasteiger partial charge in [0.1, 0.15) is 5.84 Å². The Hall–Kier alpha value is -1.27. The first-order valence-corrected chi connectivity index (χ1v) is 7.71. The van der Waals surface area contributed by atoms with Gasteiger partial charge >= 0.3 is 0 Å². The van der Waals surface area contributed by atoms with Crippen LogP contribution in [-0.4, -0.2) is 38.8 Å². The first-order valence-electron chi connectivity index (χ1n) is 7.33. The molecule has 1 aromatic heterocycles. The zero-order valence-electron chi connectivity index (χ0n) is 12.9. The van der Waals surface area contributed by atoms with Gasteiger partial charge in [-0.1, -0.05) is 23.7 Å². The number of likely N-dealkylation sites (tertiary alicyclic amines) is 1. The molecule has 0 aliphatic carbocycles. The molecule has 0 bridgehead atoms. The molecule has 118 valence electrons. The number of piperidine rings is 1. The van der Waals surface area contributed by atoms with Gasteiger partial charge in [0.25, 0.3) is 0 Å². The number of aromatic nitrogens is 2. The molecule has 3 N–H and O–H groups in total. The third-order valence-electron chi connectivity index (χ3n) is 4.51. The van der Waals surface area contributed by atoms with Crippen LogP contribution in [0.1, 0.15) is 38.1 Å². The SMILES string of the molecule is CCn1nc(C)c(Cl)c1CN1CCC(C)(C(N)=NO)CC1. The molecule has 2 rings (SSSR count). The summed E-state index contributed by atoms with van der Waals surface area (Å²) < 4.78 is 1.97. The lowest BCUT2D eigenvalue weighted by atomic mass is 9.79. The van der Waals surface area contributed by atoms with E-state index in [0.717, 1.165) is 55.4 Å². The Bertz CT molecular complexity index is 532. The van der Waals surface area contributed by atoms with E-state index in [1.807, 2.05) is 18.5 Å². The van der Waals surface area contributed by atoms with E-state index < -0.39 is 0 Å². The standard InChI is InChI=1S/C14H24ClN5O/c1-4-20-11(12(15)10(2)17-20)9-19-7-5-14(3,6-8-19)13(16)18-21/h21H,4-9H2,1-3H3,(H2,16,18). The molecular formula is C14H24ClN5O. The molecule has 0 aromatic carbocycles. The fourth-order valence-corrected chi connectivity index (χ4v) is 3.01. The first-order chi connectivity index (χ1) is 9.91. The minimum absolute atomic E-state index is 0.212. The second-order valence-electron chi connectivity index (χ2n) is 5.98. The second kappa shape index (κ2) is 6.23. The highest BCUT2D eigenvalue weighted by atomic mass is 35.5. The molecule has 0 saturated carbocycles. The average molecular weight is 314 g/mol. The number of aryl methyl sites for hydroxylation is 2. The van der Waals surface area contributed by atoms with Gasteiger partial charge in [-0.2, -0.15) is 5.10 Å². The van der Waals surface area contributed by atoms with Crippen LogP contribution in [0.15, 0.2) is 5.16 Å². The maximum Gasteiger partial charge on any atom is 0.145 e. The maximum absolute atomic E-state index is 8.88. The van der Waals surface area contributed by atoms with E-state index in [0.29, 0.717) is 5.84 Å². The van der Waals surface area contributed by atoms with Crippen LogP contribution in [0.3, 0.4) is 0 Å². The molecule has 0 atom stereocenters. The highest BCUT2D eigenvalue weighted by Crippen LogP contribution is 2.32. The van der Waals surface area contributed by atoms with Gasteiger partial charge in [-0.3, -0.25) is 9.58 Å². The fourth-order valence-electron chi connectivity index (χ4n) is 2.81. The molecule has 6 nitrogen and oxygen atoms in total. The molecule has 1 fully saturated rings. The zero-order valence-corrected chi connectivity index (χ0v) is 13.7. The molecule has 1 aromatic rings. The quantitative estimate of drug-likeness (QED) is 0.386. The van der Waals surface area contributed by atoms with Crippen molar-refractivity contribution >= 4 is 17.4 Å². The molecule has 21 heavy (non-hydrogen) atoms. The van der Waals surface area contributed by atoms with Crippen LogP contribution >= 0.6 is 11.6 Å². The number of halogens is 1. The molecule has 2 heterocycles. The van der Waals surface area contributed by atoms with E-state index in [2.05, 4.69) is 22.1 Å². The summed E-state index contributed by atoms with van der Waals surface area (Å²) in [4.78, 5) is 2.35. The highest BCUT2D eigenvalue weighted by molar-refractivity contribution is 6.31. The summed E-state index contributed by atoms with van der Waals surface area (Å²) in [5.74, 6) is 0.328. The van der Waals surface area contributed by atoms with Crippen LogP contribution in [0.5, 0.6) is 0 Å². The van der Waals surface area contributed by atoms with Crippen LogP contribution in [0.4, 0.5) is 0 Å². The van der Waals surface area contributed by atoms with Crippen molar-refractivity contribution in [1.82, 2.24) is 14.7 Å². The van der Waals surface area contributed by atoms with Crippen LogP contribution < -0.4 is 5.73 Å². The van der Waals surface area contributed by atoms with Crippen molar-refractivity contribution in [3.63, 3.8) is 0 Å². The van der Waals surface area contributed by atoms with Crippen LogP contribution in [0, 0.1) is 12.3 Å². The molecule has 0 spiro atoms. The summed E-state index contributed by atoms with van der Waals surface area (Å²) in [5, 5.41) is 17.3. The summed E-state index contributed by atoms with van der Waals surface area (Å²) in [7, 11) is 0. The Balaban J connectivity index is 2.05. The van der Waals surface area contributed by atoms with E-state index in [4.69, 9.17) is 22.5 Å². The zero-order chi connectivity index (χ0) is 15.6. The first kappa shape index (κ1) is 16.1. The Labute approximate surface area is 130 Å². The van der Waals surface area contributed by atoms with Crippen molar-refractivity contribution in [3.8, 4) is 0 Å². The van der Waals surface area contributed by atoms with Crippen LogP contribution in [0.2, 0.25) is 5.02 Å². The van der Waals surface area contributed by atoms with Gasteiger partial charge in [0.15, 0.2) is 0 Å². The normalized spacial score (nSPS) is 19.9. The van der Waals surface area contributed by atoms with Gasteiger partial charge in [-0.25, -0.2) is 0 Å². The van der Waals surface area contributed by atoms with Crippen molar-refractivity contribution in [2.75, 3.05) is 13.1 Å². The smallest absolute Gasteiger partial charge is 0.145 e. The second-order valence-corrected chi connectivity index (χ2v) is 6.36. The fraction of sp³-hybridized carbons (Fsp3) is 0.714. The van der Waals surface area contributed by atoms with E-state index in [9.17, 15) is 0 Å². The summed E-state index contributed by atoms with van der Waals surface area (Å²) in [6.07, 6.45) is 1.75. The van der Waals surface area contributed by atoms with Gasteiger partial charge < -0.3 is 10.9 Å². The third-order valence-corrected chi connectivity index (χ3v) is 5.00. The maximum atomic E-state index is 8.88. The number of hydrogen-bond acceptors (Lipinski definition) is 4. The lowest BCUT2D eigenvalue weighted by Crippen LogP contribution is -2.45. The molecule has 0 amide bonds. The monoisotopic (exact) mass is 313 g/mol. The van der Waals surface area contributed by atoms with E-state index in [1.165, 1.54) is 0 Å². The molecule has 0 unspecified atom stereocenters. The van der Waals surface area contributed by atoms with E-state index in [1.54, 1.807) is 0 Å².